The van der Waals surface area contributed by atoms with Crippen LogP contribution in [0.15, 0.2) is 52.0 Å². The summed E-state index contributed by atoms with van der Waals surface area (Å²) < 4.78 is 32.4. The molecule has 0 fully saturated rings. The zero-order chi connectivity index (χ0) is 14.9. The number of hydrogen-bond donors (Lipinski definition) is 1. The van der Waals surface area contributed by atoms with E-state index in [1.54, 1.807) is 37.5 Å². The van der Waals surface area contributed by atoms with E-state index in [-0.39, 0.29) is 11.4 Å². The molecule has 0 spiro atoms. The summed E-state index contributed by atoms with van der Waals surface area (Å²) in [6, 6.07) is 8.13. The van der Waals surface area contributed by atoms with Crippen molar-refractivity contribution in [3.05, 3.63) is 54.2 Å². The topological polar surface area (TPSA) is 85.1 Å². The van der Waals surface area contributed by atoms with Crippen molar-refractivity contribution in [2.75, 3.05) is 0 Å². The highest BCUT2D eigenvalue weighted by Crippen LogP contribution is 2.19. The Labute approximate surface area is 121 Å². The minimum Gasteiger partial charge on any atom is -0.441 e. The van der Waals surface area contributed by atoms with Gasteiger partial charge in [0.25, 0.3) is 0 Å². The number of pyridine rings is 1. The summed E-state index contributed by atoms with van der Waals surface area (Å²) >= 11 is 0. The maximum atomic E-state index is 12.3. The molecule has 1 aromatic carbocycles. The van der Waals surface area contributed by atoms with Gasteiger partial charge >= 0.3 is 0 Å². The van der Waals surface area contributed by atoms with Gasteiger partial charge in [-0.3, -0.25) is 4.98 Å². The molecule has 0 saturated heterocycles. The zero-order valence-corrected chi connectivity index (χ0v) is 12.1. The molecule has 0 aliphatic rings. The van der Waals surface area contributed by atoms with Crippen LogP contribution in [0.3, 0.4) is 0 Å². The molecule has 108 valence electrons. The lowest BCUT2D eigenvalue weighted by Crippen LogP contribution is -2.23. The van der Waals surface area contributed by atoms with Gasteiger partial charge in [0.1, 0.15) is 5.52 Å². The molecule has 7 heteroatoms. The molecular weight excluding hydrogens is 290 g/mol. The second-order valence-corrected chi connectivity index (χ2v) is 6.31. The van der Waals surface area contributed by atoms with Gasteiger partial charge < -0.3 is 4.42 Å². The number of oxazole rings is 1. The lowest BCUT2D eigenvalue weighted by atomic mass is 10.3. The molecule has 0 saturated carbocycles. The van der Waals surface area contributed by atoms with E-state index in [1.807, 2.05) is 0 Å². The van der Waals surface area contributed by atoms with Crippen LogP contribution >= 0.6 is 0 Å². The summed E-state index contributed by atoms with van der Waals surface area (Å²) in [5.41, 5.74) is 1.94. The number of aromatic nitrogens is 2. The summed E-state index contributed by atoms with van der Waals surface area (Å²) in [7, 11) is -3.60. The Bertz CT molecular complexity index is 873. The Hall–Kier alpha value is -2.25. The van der Waals surface area contributed by atoms with Crippen LogP contribution < -0.4 is 4.72 Å². The fourth-order valence-electron chi connectivity index (χ4n) is 1.95. The average molecular weight is 303 g/mol. The lowest BCUT2D eigenvalue weighted by Gasteiger charge is -2.06. The smallest absolute Gasteiger partial charge is 0.241 e. The van der Waals surface area contributed by atoms with Gasteiger partial charge in [-0.1, -0.05) is 0 Å². The maximum Gasteiger partial charge on any atom is 0.241 e. The van der Waals surface area contributed by atoms with Crippen molar-refractivity contribution in [1.82, 2.24) is 14.7 Å². The average Bonchev–Trinajstić information content (AvgIpc) is 2.85. The zero-order valence-electron chi connectivity index (χ0n) is 11.3. The third kappa shape index (κ3) is 2.93. The van der Waals surface area contributed by atoms with E-state index in [0.29, 0.717) is 17.0 Å². The molecule has 0 atom stereocenters. The minimum atomic E-state index is -3.60. The molecule has 0 radical (unpaired) electrons. The largest absolute Gasteiger partial charge is 0.441 e. The van der Waals surface area contributed by atoms with Crippen LogP contribution in [0.2, 0.25) is 0 Å². The molecule has 3 aromatic rings. The fraction of sp³-hybridized carbons (Fsp3) is 0.143. The van der Waals surface area contributed by atoms with Gasteiger partial charge in [-0.2, -0.15) is 0 Å². The minimum absolute atomic E-state index is 0.153. The van der Waals surface area contributed by atoms with E-state index in [1.165, 1.54) is 12.1 Å². The second-order valence-electron chi connectivity index (χ2n) is 4.54. The molecule has 0 amide bonds. The SMILES string of the molecule is Cc1nc2ccc(S(=O)(=O)NCc3ccncc3)cc2o1. The Morgan fingerprint density at radius 2 is 1.95 bits per heavy atom. The van der Waals surface area contributed by atoms with Gasteiger partial charge in [0, 0.05) is 31.9 Å². The summed E-state index contributed by atoms with van der Waals surface area (Å²) in [4.78, 5) is 8.18. The molecule has 0 aliphatic carbocycles. The lowest BCUT2D eigenvalue weighted by molar-refractivity contribution is 0.558. The van der Waals surface area contributed by atoms with E-state index in [0.717, 1.165) is 5.56 Å². The first kappa shape index (κ1) is 13.7. The molecule has 2 aromatic heterocycles. The monoisotopic (exact) mass is 303 g/mol. The van der Waals surface area contributed by atoms with E-state index in [9.17, 15) is 8.42 Å². The van der Waals surface area contributed by atoms with Crippen molar-refractivity contribution >= 4 is 21.1 Å². The third-order valence-electron chi connectivity index (χ3n) is 2.99. The van der Waals surface area contributed by atoms with Crippen molar-refractivity contribution in [3.63, 3.8) is 0 Å². The summed E-state index contributed by atoms with van der Waals surface area (Å²) in [6.45, 7) is 1.92. The molecule has 3 rings (SSSR count). The molecule has 0 aliphatic heterocycles. The number of nitrogens with one attached hydrogen (secondary N) is 1. The molecule has 0 unspecified atom stereocenters. The van der Waals surface area contributed by atoms with Crippen molar-refractivity contribution in [2.24, 2.45) is 0 Å². The highest BCUT2D eigenvalue weighted by molar-refractivity contribution is 7.89. The molecule has 6 nitrogen and oxygen atoms in total. The fourth-order valence-corrected chi connectivity index (χ4v) is 2.98. The van der Waals surface area contributed by atoms with E-state index in [2.05, 4.69) is 14.7 Å². The summed E-state index contributed by atoms with van der Waals surface area (Å²) in [6.07, 6.45) is 3.24. The molecule has 2 heterocycles. The number of nitrogens with zero attached hydrogens (tertiary/aromatic N) is 2. The molecule has 1 N–H and O–H groups in total. The van der Waals surface area contributed by atoms with Crippen molar-refractivity contribution < 1.29 is 12.8 Å². The van der Waals surface area contributed by atoms with Gasteiger partial charge in [0.05, 0.1) is 4.90 Å². The normalized spacial score (nSPS) is 11.9. The first-order valence-corrected chi connectivity index (χ1v) is 7.79. The molecular formula is C14H13N3O3S. The number of hydrogen-bond acceptors (Lipinski definition) is 5. The Kier molecular flexibility index (Phi) is 3.44. The Morgan fingerprint density at radius 1 is 1.19 bits per heavy atom. The summed E-state index contributed by atoms with van der Waals surface area (Å²) in [5, 5.41) is 0. The van der Waals surface area contributed by atoms with Crippen LogP contribution in [-0.2, 0) is 16.6 Å². The maximum absolute atomic E-state index is 12.3. The Balaban J connectivity index is 1.85. The highest BCUT2D eigenvalue weighted by atomic mass is 32.2. The standard InChI is InChI=1S/C14H13N3O3S/c1-10-17-13-3-2-12(8-14(13)20-10)21(18,19)16-9-11-4-6-15-7-5-11/h2-8,16H,9H2,1H3. The molecule has 0 bridgehead atoms. The van der Waals surface area contributed by atoms with Crippen molar-refractivity contribution in [1.29, 1.82) is 0 Å². The number of benzene rings is 1. The number of aryl methyl sites for hydroxylation is 1. The Morgan fingerprint density at radius 3 is 2.71 bits per heavy atom. The van der Waals surface area contributed by atoms with Crippen molar-refractivity contribution in [3.8, 4) is 0 Å². The summed E-state index contributed by atoms with van der Waals surface area (Å²) in [5.74, 6) is 0.504. The molecule has 21 heavy (non-hydrogen) atoms. The highest BCUT2D eigenvalue weighted by Gasteiger charge is 2.15. The van der Waals surface area contributed by atoms with Gasteiger partial charge in [0.15, 0.2) is 11.5 Å². The van der Waals surface area contributed by atoms with Gasteiger partial charge in [0.2, 0.25) is 10.0 Å². The van der Waals surface area contributed by atoms with Crippen LogP contribution in [0.4, 0.5) is 0 Å². The van der Waals surface area contributed by atoms with Crippen LogP contribution in [0.1, 0.15) is 11.5 Å². The van der Waals surface area contributed by atoms with E-state index in [4.69, 9.17) is 4.42 Å². The number of fused-ring (bicyclic) bond motifs is 1. The third-order valence-corrected chi connectivity index (χ3v) is 4.39. The van der Waals surface area contributed by atoms with Gasteiger partial charge in [-0.25, -0.2) is 18.1 Å². The van der Waals surface area contributed by atoms with Crippen LogP contribution in [-0.4, -0.2) is 18.4 Å². The predicted octanol–water partition coefficient (Wildman–Crippen LogP) is 2.01. The first-order chi connectivity index (χ1) is 10.0. The van der Waals surface area contributed by atoms with Gasteiger partial charge in [-0.15, -0.1) is 0 Å². The van der Waals surface area contributed by atoms with Crippen molar-refractivity contribution in [2.45, 2.75) is 18.4 Å². The van der Waals surface area contributed by atoms with Crippen LogP contribution in [0.5, 0.6) is 0 Å². The number of sulfonamides is 1. The van der Waals surface area contributed by atoms with Gasteiger partial charge in [-0.05, 0) is 29.8 Å². The first-order valence-electron chi connectivity index (χ1n) is 6.30. The second kappa shape index (κ2) is 5.27. The van der Waals surface area contributed by atoms with E-state index < -0.39 is 10.0 Å². The van der Waals surface area contributed by atoms with E-state index >= 15 is 0 Å². The van der Waals surface area contributed by atoms with Crippen LogP contribution in [0.25, 0.3) is 11.1 Å². The number of rotatable bonds is 4. The van der Waals surface area contributed by atoms with Crippen LogP contribution in [0, 0.1) is 6.92 Å². The quantitative estimate of drug-likeness (QED) is 0.797. The predicted molar refractivity (Wildman–Crippen MR) is 77.0 cm³/mol.